The standard InChI is InChI=1S/C13H18O4/c1-6(2)17-13(16)11-9-5-8(4-7(9)3)10(11)12(14)15/h6-9H,4-5H2,1-3H3,(H,14,15). The van der Waals surface area contributed by atoms with Gasteiger partial charge in [-0.05, 0) is 44.4 Å². The van der Waals surface area contributed by atoms with E-state index in [2.05, 4.69) is 6.92 Å². The van der Waals surface area contributed by atoms with Crippen LogP contribution in [0.5, 0.6) is 0 Å². The number of carboxylic acids is 1. The third-order valence-electron chi connectivity index (χ3n) is 3.74. The Bertz CT molecular complexity index is 394. The molecule has 2 aliphatic rings. The summed E-state index contributed by atoms with van der Waals surface area (Å²) in [5, 5.41) is 9.21. The van der Waals surface area contributed by atoms with Gasteiger partial charge in [-0.25, -0.2) is 9.59 Å². The normalized spacial score (nSPS) is 31.2. The van der Waals surface area contributed by atoms with Crippen molar-refractivity contribution in [1.29, 1.82) is 0 Å². The maximum absolute atomic E-state index is 12.0. The van der Waals surface area contributed by atoms with Gasteiger partial charge in [0, 0.05) is 0 Å². The van der Waals surface area contributed by atoms with Gasteiger partial charge >= 0.3 is 11.9 Å². The number of esters is 1. The highest BCUT2D eigenvalue weighted by Crippen LogP contribution is 2.52. The van der Waals surface area contributed by atoms with Crippen LogP contribution in [0.15, 0.2) is 11.1 Å². The van der Waals surface area contributed by atoms with E-state index in [9.17, 15) is 14.7 Å². The van der Waals surface area contributed by atoms with E-state index < -0.39 is 11.9 Å². The van der Waals surface area contributed by atoms with Crippen LogP contribution in [-0.4, -0.2) is 23.1 Å². The lowest BCUT2D eigenvalue weighted by Crippen LogP contribution is -2.25. The quantitative estimate of drug-likeness (QED) is 0.764. The van der Waals surface area contributed by atoms with Gasteiger partial charge in [0.25, 0.3) is 0 Å². The fourth-order valence-corrected chi connectivity index (χ4v) is 3.13. The fourth-order valence-electron chi connectivity index (χ4n) is 3.13. The van der Waals surface area contributed by atoms with Crippen LogP contribution in [0.4, 0.5) is 0 Å². The highest BCUT2D eigenvalue weighted by atomic mass is 16.5. The fraction of sp³-hybridized carbons (Fsp3) is 0.692. The molecule has 94 valence electrons. The number of hydrogen-bond donors (Lipinski definition) is 1. The lowest BCUT2D eigenvalue weighted by Gasteiger charge is -2.22. The number of carbonyl (C=O) groups is 2. The Kier molecular flexibility index (Phi) is 2.98. The average molecular weight is 238 g/mol. The molecule has 2 rings (SSSR count). The molecule has 2 bridgehead atoms. The van der Waals surface area contributed by atoms with Gasteiger partial charge in [-0.2, -0.15) is 0 Å². The van der Waals surface area contributed by atoms with Crippen LogP contribution in [0.25, 0.3) is 0 Å². The van der Waals surface area contributed by atoms with Crippen molar-refractivity contribution in [2.24, 2.45) is 17.8 Å². The molecule has 0 aromatic carbocycles. The zero-order valence-electron chi connectivity index (χ0n) is 10.4. The first kappa shape index (κ1) is 12.1. The first-order valence-electron chi connectivity index (χ1n) is 6.10. The molecule has 0 radical (unpaired) electrons. The number of rotatable bonds is 3. The molecule has 0 amide bonds. The number of carboxylic acid groups (broad SMARTS) is 1. The monoisotopic (exact) mass is 238 g/mol. The van der Waals surface area contributed by atoms with Gasteiger partial charge in [-0.3, -0.25) is 0 Å². The molecule has 0 saturated heterocycles. The lowest BCUT2D eigenvalue weighted by atomic mass is 9.84. The predicted molar refractivity (Wildman–Crippen MR) is 61.3 cm³/mol. The van der Waals surface area contributed by atoms with Gasteiger partial charge in [-0.1, -0.05) is 6.92 Å². The summed E-state index contributed by atoms with van der Waals surface area (Å²) in [6.45, 7) is 5.62. The van der Waals surface area contributed by atoms with E-state index in [4.69, 9.17) is 4.74 Å². The van der Waals surface area contributed by atoms with Gasteiger partial charge in [0.15, 0.2) is 0 Å². The third kappa shape index (κ3) is 1.96. The maximum atomic E-state index is 12.0. The summed E-state index contributed by atoms with van der Waals surface area (Å²) in [4.78, 5) is 23.2. The van der Waals surface area contributed by atoms with Gasteiger partial charge < -0.3 is 9.84 Å². The molecule has 2 aliphatic carbocycles. The van der Waals surface area contributed by atoms with E-state index in [1.165, 1.54) is 0 Å². The lowest BCUT2D eigenvalue weighted by molar-refractivity contribution is -0.144. The predicted octanol–water partition coefficient (Wildman–Crippen LogP) is 2.00. The highest BCUT2D eigenvalue weighted by Gasteiger charge is 2.49. The maximum Gasteiger partial charge on any atom is 0.335 e. The van der Waals surface area contributed by atoms with Crippen LogP contribution >= 0.6 is 0 Å². The third-order valence-corrected chi connectivity index (χ3v) is 3.74. The molecule has 4 nitrogen and oxygen atoms in total. The van der Waals surface area contributed by atoms with Crippen LogP contribution in [0, 0.1) is 17.8 Å². The van der Waals surface area contributed by atoms with E-state index >= 15 is 0 Å². The molecule has 1 N–H and O–H groups in total. The van der Waals surface area contributed by atoms with E-state index in [0.717, 1.165) is 12.8 Å². The van der Waals surface area contributed by atoms with Gasteiger partial charge in [-0.15, -0.1) is 0 Å². The number of carbonyl (C=O) groups excluding carboxylic acids is 1. The molecule has 0 aliphatic heterocycles. The molecule has 1 fully saturated rings. The SMILES string of the molecule is CC(C)OC(=O)C1=C(C(=O)O)C2CC(C)C1C2. The van der Waals surface area contributed by atoms with Crippen molar-refractivity contribution in [2.45, 2.75) is 39.7 Å². The number of hydrogen-bond acceptors (Lipinski definition) is 3. The second-order valence-electron chi connectivity index (χ2n) is 5.34. The Morgan fingerprint density at radius 2 is 1.94 bits per heavy atom. The van der Waals surface area contributed by atoms with Crippen LogP contribution in [-0.2, 0) is 14.3 Å². The largest absolute Gasteiger partial charge is 0.478 e. The summed E-state index contributed by atoms with van der Waals surface area (Å²) < 4.78 is 5.16. The number of ether oxygens (including phenoxy) is 1. The second kappa shape index (κ2) is 4.17. The minimum atomic E-state index is -0.958. The highest BCUT2D eigenvalue weighted by molar-refractivity contribution is 6.01. The molecular formula is C13H18O4. The molecule has 4 heteroatoms. The topological polar surface area (TPSA) is 63.6 Å². The minimum absolute atomic E-state index is 0.0437. The Hall–Kier alpha value is -1.32. The van der Waals surface area contributed by atoms with Crippen LogP contribution in [0.2, 0.25) is 0 Å². The molecule has 3 unspecified atom stereocenters. The summed E-state index contributed by atoms with van der Waals surface area (Å²) in [5.74, 6) is -0.881. The van der Waals surface area contributed by atoms with Crippen LogP contribution in [0.3, 0.4) is 0 Å². The first-order valence-corrected chi connectivity index (χ1v) is 6.10. The van der Waals surface area contributed by atoms with Crippen LogP contribution in [0.1, 0.15) is 33.6 Å². The van der Waals surface area contributed by atoms with Crippen molar-refractivity contribution in [1.82, 2.24) is 0 Å². The molecule has 17 heavy (non-hydrogen) atoms. The van der Waals surface area contributed by atoms with Crippen molar-refractivity contribution >= 4 is 11.9 Å². The summed E-state index contributed by atoms with van der Waals surface area (Å²) in [6.07, 6.45) is 1.47. The number of fused-ring (bicyclic) bond motifs is 2. The van der Waals surface area contributed by atoms with E-state index in [1.54, 1.807) is 13.8 Å². The first-order chi connectivity index (χ1) is 7.91. The Morgan fingerprint density at radius 1 is 1.29 bits per heavy atom. The van der Waals surface area contributed by atoms with Crippen molar-refractivity contribution in [3.63, 3.8) is 0 Å². The van der Waals surface area contributed by atoms with E-state index in [-0.39, 0.29) is 17.9 Å². The number of aliphatic carboxylic acids is 1. The van der Waals surface area contributed by atoms with Gasteiger partial charge in [0.2, 0.25) is 0 Å². The second-order valence-corrected chi connectivity index (χ2v) is 5.34. The molecular weight excluding hydrogens is 220 g/mol. The van der Waals surface area contributed by atoms with Crippen molar-refractivity contribution < 1.29 is 19.4 Å². The zero-order valence-corrected chi connectivity index (χ0v) is 10.4. The molecule has 0 spiro atoms. The molecule has 0 aromatic rings. The average Bonchev–Trinajstić information content (AvgIpc) is 2.71. The Balaban J connectivity index is 2.33. The van der Waals surface area contributed by atoms with Gasteiger partial charge in [0.05, 0.1) is 17.3 Å². The smallest absolute Gasteiger partial charge is 0.335 e. The van der Waals surface area contributed by atoms with Crippen LogP contribution < -0.4 is 0 Å². The zero-order chi connectivity index (χ0) is 12.7. The van der Waals surface area contributed by atoms with Crippen molar-refractivity contribution in [3.8, 4) is 0 Å². The molecule has 0 aromatic heterocycles. The molecule has 1 saturated carbocycles. The minimum Gasteiger partial charge on any atom is -0.478 e. The molecule has 3 atom stereocenters. The summed E-state index contributed by atoms with van der Waals surface area (Å²) in [6, 6.07) is 0. The van der Waals surface area contributed by atoms with Gasteiger partial charge in [0.1, 0.15) is 0 Å². The Morgan fingerprint density at radius 3 is 2.47 bits per heavy atom. The van der Waals surface area contributed by atoms with E-state index in [1.807, 2.05) is 0 Å². The summed E-state index contributed by atoms with van der Waals surface area (Å²) in [7, 11) is 0. The summed E-state index contributed by atoms with van der Waals surface area (Å²) in [5.41, 5.74) is 0.730. The van der Waals surface area contributed by atoms with Crippen molar-refractivity contribution in [3.05, 3.63) is 11.1 Å². The summed E-state index contributed by atoms with van der Waals surface area (Å²) >= 11 is 0. The van der Waals surface area contributed by atoms with E-state index in [0.29, 0.717) is 17.1 Å². The Labute approximate surface area is 101 Å². The van der Waals surface area contributed by atoms with Crippen molar-refractivity contribution in [2.75, 3.05) is 0 Å². The molecule has 0 heterocycles.